The van der Waals surface area contributed by atoms with Crippen LogP contribution in [0.15, 0.2) is 0 Å². The third-order valence-corrected chi connectivity index (χ3v) is 2.35. The molecule has 2 amide bonds. The van der Waals surface area contributed by atoms with Gasteiger partial charge in [-0.2, -0.15) is 5.21 Å². The van der Waals surface area contributed by atoms with E-state index in [0.29, 0.717) is 12.2 Å². The number of tetrazole rings is 1. The number of hydrogen-bond acceptors (Lipinski definition) is 5. The molecule has 0 aliphatic carbocycles. The van der Waals surface area contributed by atoms with E-state index in [1.54, 1.807) is 13.8 Å². The quantitative estimate of drug-likeness (QED) is 0.557. The average Bonchev–Trinajstić information content (AvgIpc) is 2.80. The lowest BCUT2D eigenvalue weighted by atomic mass is 10.1. The summed E-state index contributed by atoms with van der Waals surface area (Å²) in [6, 6.07) is -1.27. The fourth-order valence-electron chi connectivity index (χ4n) is 1.35. The molecule has 100 valence electrons. The van der Waals surface area contributed by atoms with Gasteiger partial charge in [0, 0.05) is 6.04 Å². The van der Waals surface area contributed by atoms with E-state index >= 15 is 0 Å². The van der Waals surface area contributed by atoms with Crippen LogP contribution in [0.2, 0.25) is 0 Å². The van der Waals surface area contributed by atoms with Crippen LogP contribution in [0.3, 0.4) is 0 Å². The lowest BCUT2D eigenvalue weighted by Gasteiger charge is -2.17. The first-order valence-corrected chi connectivity index (χ1v) is 5.55. The highest BCUT2D eigenvalue weighted by molar-refractivity contribution is 5.76. The highest BCUT2D eigenvalue weighted by Gasteiger charge is 2.17. The second-order valence-corrected chi connectivity index (χ2v) is 3.81. The third kappa shape index (κ3) is 4.36. The van der Waals surface area contributed by atoms with Crippen molar-refractivity contribution < 1.29 is 14.7 Å². The van der Waals surface area contributed by atoms with Crippen LogP contribution in [-0.2, 0) is 4.79 Å². The molecule has 0 aromatic carbocycles. The molecule has 0 saturated heterocycles. The van der Waals surface area contributed by atoms with Gasteiger partial charge in [0.05, 0.1) is 12.5 Å². The van der Waals surface area contributed by atoms with E-state index in [4.69, 9.17) is 5.11 Å². The van der Waals surface area contributed by atoms with Gasteiger partial charge >= 0.3 is 12.0 Å². The number of nitrogens with one attached hydrogen (secondary N) is 3. The second kappa shape index (κ2) is 6.52. The first-order valence-electron chi connectivity index (χ1n) is 5.55. The van der Waals surface area contributed by atoms with Crippen molar-refractivity contribution in [3.63, 3.8) is 0 Å². The SMILES string of the molecule is CCC(CC(=O)O)NC(=O)NC(C)c1nn[nH]n1. The highest BCUT2D eigenvalue weighted by atomic mass is 16.4. The Morgan fingerprint density at radius 3 is 2.67 bits per heavy atom. The van der Waals surface area contributed by atoms with E-state index in [1.165, 1.54) is 0 Å². The zero-order valence-corrected chi connectivity index (χ0v) is 10.2. The molecule has 0 spiro atoms. The number of aromatic nitrogens is 4. The molecule has 0 fully saturated rings. The Balaban J connectivity index is 2.43. The average molecular weight is 256 g/mol. The van der Waals surface area contributed by atoms with E-state index in [9.17, 15) is 9.59 Å². The number of carboxylic acids is 1. The molecule has 1 heterocycles. The van der Waals surface area contributed by atoms with Gasteiger partial charge in [-0.25, -0.2) is 4.79 Å². The van der Waals surface area contributed by atoms with E-state index < -0.39 is 24.1 Å². The Labute approximate surface area is 103 Å². The van der Waals surface area contributed by atoms with Gasteiger partial charge in [-0.3, -0.25) is 4.79 Å². The summed E-state index contributed by atoms with van der Waals surface area (Å²) in [6.45, 7) is 3.50. The van der Waals surface area contributed by atoms with Crippen LogP contribution in [0.1, 0.15) is 38.6 Å². The Morgan fingerprint density at radius 2 is 2.17 bits per heavy atom. The maximum Gasteiger partial charge on any atom is 0.315 e. The van der Waals surface area contributed by atoms with Crippen LogP contribution in [0.4, 0.5) is 4.79 Å². The summed E-state index contributed by atoms with van der Waals surface area (Å²) < 4.78 is 0. The number of aromatic amines is 1. The zero-order valence-electron chi connectivity index (χ0n) is 10.2. The number of carbonyl (C=O) groups excluding carboxylic acids is 1. The first kappa shape index (κ1) is 13.9. The van der Waals surface area contributed by atoms with Crippen LogP contribution in [-0.4, -0.2) is 43.8 Å². The number of rotatable bonds is 6. The summed E-state index contributed by atoms with van der Waals surface area (Å²) in [5, 5.41) is 27.0. The van der Waals surface area contributed by atoms with Gasteiger partial charge in [0.25, 0.3) is 0 Å². The molecule has 0 radical (unpaired) electrons. The smallest absolute Gasteiger partial charge is 0.315 e. The maximum atomic E-state index is 11.6. The Bertz CT molecular complexity index is 393. The van der Waals surface area contributed by atoms with Crippen molar-refractivity contribution in [2.24, 2.45) is 0 Å². The van der Waals surface area contributed by atoms with Gasteiger partial charge in [-0.05, 0) is 13.3 Å². The molecule has 0 aliphatic heterocycles. The number of amides is 2. The monoisotopic (exact) mass is 256 g/mol. The molecular formula is C9H16N6O3. The normalized spacial score (nSPS) is 13.7. The molecule has 1 aromatic rings. The number of nitrogens with zero attached hydrogens (tertiary/aromatic N) is 3. The molecule has 0 saturated carbocycles. The van der Waals surface area contributed by atoms with Crippen LogP contribution in [0.5, 0.6) is 0 Å². The standard InChI is InChI=1S/C9H16N6O3/c1-3-6(4-7(16)17)11-9(18)10-5(2)8-12-14-15-13-8/h5-6H,3-4H2,1-2H3,(H,16,17)(H2,10,11,18)(H,12,13,14,15). The van der Waals surface area contributed by atoms with Crippen molar-refractivity contribution in [2.75, 3.05) is 0 Å². The van der Waals surface area contributed by atoms with E-state index in [-0.39, 0.29) is 6.42 Å². The van der Waals surface area contributed by atoms with Crippen LogP contribution >= 0.6 is 0 Å². The summed E-state index contributed by atoms with van der Waals surface area (Å²) in [5.41, 5.74) is 0. The number of aliphatic carboxylic acids is 1. The zero-order chi connectivity index (χ0) is 13.5. The number of H-pyrrole nitrogens is 1. The number of carbonyl (C=O) groups is 2. The molecule has 0 aliphatic rings. The summed E-state index contributed by atoms with van der Waals surface area (Å²) in [4.78, 5) is 22.2. The Morgan fingerprint density at radius 1 is 1.44 bits per heavy atom. The summed E-state index contributed by atoms with van der Waals surface area (Å²) in [6.07, 6.45) is 0.427. The van der Waals surface area contributed by atoms with Gasteiger partial charge in [0.1, 0.15) is 0 Å². The van der Waals surface area contributed by atoms with E-state index in [2.05, 4.69) is 31.3 Å². The Kier molecular flexibility index (Phi) is 5.03. The Hall–Kier alpha value is -2.19. The maximum absolute atomic E-state index is 11.6. The molecule has 9 nitrogen and oxygen atoms in total. The van der Waals surface area contributed by atoms with Crippen molar-refractivity contribution >= 4 is 12.0 Å². The minimum Gasteiger partial charge on any atom is -0.481 e. The third-order valence-electron chi connectivity index (χ3n) is 2.35. The number of hydrogen-bond donors (Lipinski definition) is 4. The molecule has 4 N–H and O–H groups in total. The summed E-state index contributed by atoms with van der Waals surface area (Å²) in [7, 11) is 0. The van der Waals surface area contributed by atoms with Gasteiger partial charge in [-0.15, -0.1) is 10.2 Å². The first-order chi connectivity index (χ1) is 8.52. The number of urea groups is 1. The lowest BCUT2D eigenvalue weighted by molar-refractivity contribution is -0.137. The molecule has 2 atom stereocenters. The molecule has 1 rings (SSSR count). The fraction of sp³-hybridized carbons (Fsp3) is 0.667. The summed E-state index contributed by atoms with van der Waals surface area (Å²) in [5.74, 6) is -0.593. The van der Waals surface area contributed by atoms with Crippen molar-refractivity contribution in [1.82, 2.24) is 31.3 Å². The molecule has 1 aromatic heterocycles. The molecule has 2 unspecified atom stereocenters. The molecule has 18 heavy (non-hydrogen) atoms. The van der Waals surface area contributed by atoms with Gasteiger partial charge in [0.2, 0.25) is 0 Å². The fourth-order valence-corrected chi connectivity index (χ4v) is 1.35. The van der Waals surface area contributed by atoms with Gasteiger partial charge in [-0.1, -0.05) is 12.1 Å². The summed E-state index contributed by atoms with van der Waals surface area (Å²) >= 11 is 0. The van der Waals surface area contributed by atoms with Gasteiger partial charge in [0.15, 0.2) is 5.82 Å². The van der Waals surface area contributed by atoms with Crippen LogP contribution < -0.4 is 10.6 Å². The molecule has 9 heteroatoms. The van der Waals surface area contributed by atoms with Crippen molar-refractivity contribution in [1.29, 1.82) is 0 Å². The van der Waals surface area contributed by atoms with Crippen LogP contribution in [0, 0.1) is 0 Å². The van der Waals surface area contributed by atoms with Crippen molar-refractivity contribution in [3.8, 4) is 0 Å². The largest absolute Gasteiger partial charge is 0.481 e. The van der Waals surface area contributed by atoms with E-state index in [1.807, 2.05) is 0 Å². The predicted molar refractivity (Wildman–Crippen MR) is 60.6 cm³/mol. The van der Waals surface area contributed by atoms with Crippen molar-refractivity contribution in [2.45, 2.75) is 38.8 Å². The topological polar surface area (TPSA) is 133 Å². The minimum absolute atomic E-state index is 0.111. The second-order valence-electron chi connectivity index (χ2n) is 3.81. The van der Waals surface area contributed by atoms with E-state index in [0.717, 1.165) is 0 Å². The lowest BCUT2D eigenvalue weighted by Crippen LogP contribution is -2.43. The van der Waals surface area contributed by atoms with Gasteiger partial charge < -0.3 is 15.7 Å². The molecule has 0 bridgehead atoms. The minimum atomic E-state index is -0.951. The highest BCUT2D eigenvalue weighted by Crippen LogP contribution is 2.03. The molecular weight excluding hydrogens is 240 g/mol. The van der Waals surface area contributed by atoms with Crippen LogP contribution in [0.25, 0.3) is 0 Å². The number of carboxylic acid groups (broad SMARTS) is 1. The predicted octanol–water partition coefficient (Wildman–Crippen LogP) is -0.187. The van der Waals surface area contributed by atoms with Crippen molar-refractivity contribution in [3.05, 3.63) is 5.82 Å².